The Morgan fingerprint density at radius 3 is 2.76 bits per heavy atom. The first-order chi connectivity index (χ1) is 17.8. The maximum absolute atomic E-state index is 13.4. The zero-order chi connectivity index (χ0) is 26.1. The third-order valence-electron chi connectivity index (χ3n) is 7.23. The van der Waals surface area contributed by atoms with Crippen molar-refractivity contribution in [3.05, 3.63) is 108 Å². The van der Waals surface area contributed by atoms with Gasteiger partial charge in [0.05, 0.1) is 18.4 Å². The molecule has 1 fully saturated rings. The van der Waals surface area contributed by atoms with Gasteiger partial charge in [-0.3, -0.25) is 9.78 Å². The fourth-order valence-electron chi connectivity index (χ4n) is 5.10. The van der Waals surface area contributed by atoms with E-state index in [0.29, 0.717) is 18.7 Å². The van der Waals surface area contributed by atoms with Gasteiger partial charge in [0.2, 0.25) is 0 Å². The summed E-state index contributed by atoms with van der Waals surface area (Å²) >= 11 is 0. The van der Waals surface area contributed by atoms with E-state index in [1.807, 2.05) is 47.2 Å². The number of hydrogen-bond donors (Lipinski definition) is 1. The zero-order valence-electron chi connectivity index (χ0n) is 21.3. The Kier molecular flexibility index (Phi) is 6.80. The number of pyridine rings is 1. The fraction of sp³-hybridized carbons (Fsp3) is 0.267. The van der Waals surface area contributed by atoms with Crippen molar-refractivity contribution < 1.29 is 9.18 Å². The van der Waals surface area contributed by atoms with E-state index in [1.54, 1.807) is 6.07 Å². The van der Waals surface area contributed by atoms with E-state index in [2.05, 4.69) is 41.3 Å². The van der Waals surface area contributed by atoms with Gasteiger partial charge in [0, 0.05) is 58.9 Å². The number of hydrogen-bond acceptors (Lipinski definition) is 4. The van der Waals surface area contributed by atoms with E-state index in [1.165, 1.54) is 12.3 Å². The van der Waals surface area contributed by atoms with Gasteiger partial charge in [-0.15, -0.1) is 0 Å². The van der Waals surface area contributed by atoms with Crippen LogP contribution in [0.5, 0.6) is 0 Å². The molecule has 2 aliphatic heterocycles. The minimum atomic E-state index is -0.349. The standard InChI is InChI=1S/C30H32FN5O/c1-20-15-24(30(37)34-13-6-8-26(32)18-34)12-14-35(20)22(3)21(2)29-16-23-7-4-5-9-28(23)36(29)19-27-11-10-25(31)17-33-27/h4-5,7,9-12,14-17,26H,1,6,8,13,18-19,32H2,2-3H3/b22-21+. The number of para-hydroxylation sites is 1. The van der Waals surface area contributed by atoms with Crippen molar-refractivity contribution in [2.75, 3.05) is 13.1 Å². The summed E-state index contributed by atoms with van der Waals surface area (Å²) in [5.41, 5.74) is 12.4. The van der Waals surface area contributed by atoms with Crippen molar-refractivity contribution in [2.24, 2.45) is 5.73 Å². The van der Waals surface area contributed by atoms with E-state index in [-0.39, 0.29) is 17.8 Å². The zero-order valence-corrected chi connectivity index (χ0v) is 21.3. The van der Waals surface area contributed by atoms with Gasteiger partial charge in [0.15, 0.2) is 0 Å². The molecule has 1 atom stereocenters. The Morgan fingerprint density at radius 2 is 2.03 bits per heavy atom. The quantitative estimate of drug-likeness (QED) is 0.527. The molecule has 7 heteroatoms. The summed E-state index contributed by atoms with van der Waals surface area (Å²) in [6.45, 7) is 10.2. The van der Waals surface area contributed by atoms with Gasteiger partial charge in [-0.1, -0.05) is 24.8 Å². The van der Waals surface area contributed by atoms with E-state index in [9.17, 15) is 9.18 Å². The lowest BCUT2D eigenvalue weighted by Gasteiger charge is -2.32. The van der Waals surface area contributed by atoms with Crippen LogP contribution in [0, 0.1) is 5.82 Å². The Balaban J connectivity index is 1.44. The molecule has 2 aromatic heterocycles. The highest BCUT2D eigenvalue weighted by Crippen LogP contribution is 2.31. The summed E-state index contributed by atoms with van der Waals surface area (Å²) in [6.07, 6.45) is 8.74. The monoisotopic (exact) mass is 497 g/mol. The molecule has 2 aliphatic rings. The van der Waals surface area contributed by atoms with Gasteiger partial charge in [0.1, 0.15) is 5.82 Å². The second-order valence-corrected chi connectivity index (χ2v) is 9.78. The van der Waals surface area contributed by atoms with Crippen LogP contribution in [0.4, 0.5) is 4.39 Å². The third kappa shape index (κ3) is 5.00. The van der Waals surface area contributed by atoms with E-state index >= 15 is 0 Å². The lowest BCUT2D eigenvalue weighted by molar-refractivity contribution is -0.127. The van der Waals surface area contributed by atoms with Crippen molar-refractivity contribution in [2.45, 2.75) is 39.3 Å². The molecule has 0 aliphatic carbocycles. The lowest BCUT2D eigenvalue weighted by atomic mass is 10.0. The number of carbonyl (C=O) groups is 1. The SMILES string of the molecule is C=C1C=C(C(=O)N2CCCC(N)C2)C=CN1/C(C)=C(\C)c1cc2ccccc2n1Cc1ccc(F)cn1. The number of allylic oxidation sites excluding steroid dienone is 3. The molecule has 0 spiro atoms. The number of piperidine rings is 1. The van der Waals surface area contributed by atoms with E-state index < -0.39 is 0 Å². The molecule has 3 aromatic rings. The number of benzene rings is 1. The minimum absolute atomic E-state index is 0.00233. The molecule has 37 heavy (non-hydrogen) atoms. The molecule has 0 radical (unpaired) electrons. The smallest absolute Gasteiger partial charge is 0.254 e. The van der Waals surface area contributed by atoms with E-state index in [4.69, 9.17) is 5.73 Å². The first kappa shape index (κ1) is 24.7. The molecule has 0 bridgehead atoms. The van der Waals surface area contributed by atoms with Crippen LogP contribution >= 0.6 is 0 Å². The molecule has 0 saturated carbocycles. The molecule has 6 nitrogen and oxygen atoms in total. The Labute approximate surface area is 216 Å². The van der Waals surface area contributed by atoms with Gasteiger partial charge >= 0.3 is 0 Å². The van der Waals surface area contributed by atoms with Crippen molar-refractivity contribution in [3.8, 4) is 0 Å². The number of likely N-dealkylation sites (tertiary alicyclic amines) is 1. The van der Waals surface area contributed by atoms with Crippen LogP contribution in [0.3, 0.4) is 0 Å². The molecular formula is C30H32FN5O. The fourth-order valence-corrected chi connectivity index (χ4v) is 5.10. The normalized spacial score (nSPS) is 18.8. The average Bonchev–Trinajstić information content (AvgIpc) is 3.27. The summed E-state index contributed by atoms with van der Waals surface area (Å²) < 4.78 is 15.6. The van der Waals surface area contributed by atoms with Gasteiger partial charge < -0.3 is 20.1 Å². The van der Waals surface area contributed by atoms with Gasteiger partial charge in [-0.05, 0) is 68.7 Å². The highest BCUT2D eigenvalue weighted by molar-refractivity contribution is 5.97. The van der Waals surface area contributed by atoms with Crippen LogP contribution in [0.25, 0.3) is 16.5 Å². The number of fused-ring (bicyclic) bond motifs is 1. The topological polar surface area (TPSA) is 67.4 Å². The van der Waals surface area contributed by atoms with E-state index in [0.717, 1.165) is 58.6 Å². The molecule has 190 valence electrons. The molecule has 1 aromatic carbocycles. The Morgan fingerprint density at radius 1 is 1.22 bits per heavy atom. The summed E-state index contributed by atoms with van der Waals surface area (Å²) in [6, 6.07) is 13.6. The highest BCUT2D eigenvalue weighted by Gasteiger charge is 2.25. The van der Waals surface area contributed by atoms with Crippen LogP contribution in [0.15, 0.2) is 90.6 Å². The Hall–Kier alpha value is -3.97. The van der Waals surface area contributed by atoms with Crippen molar-refractivity contribution in [1.29, 1.82) is 0 Å². The number of nitrogens with two attached hydrogens (primary N) is 1. The number of carbonyl (C=O) groups excluding carboxylic acids is 1. The summed E-state index contributed by atoms with van der Waals surface area (Å²) in [5.74, 6) is -0.352. The number of nitrogens with zero attached hydrogens (tertiary/aromatic N) is 4. The average molecular weight is 498 g/mol. The second-order valence-electron chi connectivity index (χ2n) is 9.78. The largest absolute Gasteiger partial charge is 0.337 e. The molecule has 1 unspecified atom stereocenters. The minimum Gasteiger partial charge on any atom is -0.337 e. The maximum atomic E-state index is 13.4. The Bertz CT molecular complexity index is 1450. The molecule has 1 saturated heterocycles. The van der Waals surface area contributed by atoms with Crippen molar-refractivity contribution in [1.82, 2.24) is 19.4 Å². The highest BCUT2D eigenvalue weighted by atomic mass is 19.1. The summed E-state index contributed by atoms with van der Waals surface area (Å²) in [4.78, 5) is 21.2. The molecular weight excluding hydrogens is 465 g/mol. The van der Waals surface area contributed by atoms with Crippen molar-refractivity contribution in [3.63, 3.8) is 0 Å². The molecule has 1 amide bonds. The van der Waals surface area contributed by atoms with Crippen LogP contribution in [0.2, 0.25) is 0 Å². The third-order valence-corrected chi connectivity index (χ3v) is 7.23. The first-order valence-electron chi connectivity index (χ1n) is 12.6. The number of amides is 1. The molecule has 4 heterocycles. The van der Waals surface area contributed by atoms with Gasteiger partial charge in [0.25, 0.3) is 5.91 Å². The summed E-state index contributed by atoms with van der Waals surface area (Å²) in [5, 5.41) is 1.12. The van der Waals surface area contributed by atoms with Crippen LogP contribution in [-0.4, -0.2) is 44.4 Å². The molecule has 2 N–H and O–H groups in total. The van der Waals surface area contributed by atoms with Crippen LogP contribution in [-0.2, 0) is 11.3 Å². The predicted octanol–water partition coefficient (Wildman–Crippen LogP) is 5.19. The van der Waals surface area contributed by atoms with Crippen LogP contribution in [0.1, 0.15) is 38.1 Å². The van der Waals surface area contributed by atoms with Gasteiger partial charge in [-0.2, -0.15) is 0 Å². The number of halogens is 1. The lowest BCUT2D eigenvalue weighted by Crippen LogP contribution is -2.46. The van der Waals surface area contributed by atoms with Crippen molar-refractivity contribution >= 4 is 22.4 Å². The summed E-state index contributed by atoms with van der Waals surface area (Å²) in [7, 11) is 0. The maximum Gasteiger partial charge on any atom is 0.254 e. The van der Waals surface area contributed by atoms with Crippen LogP contribution < -0.4 is 5.73 Å². The number of rotatable bonds is 5. The first-order valence-corrected chi connectivity index (χ1v) is 12.6. The second kappa shape index (κ2) is 10.2. The predicted molar refractivity (Wildman–Crippen MR) is 145 cm³/mol. The molecule has 5 rings (SSSR count). The number of aromatic nitrogens is 2. The van der Waals surface area contributed by atoms with Gasteiger partial charge in [-0.25, -0.2) is 4.39 Å².